The van der Waals surface area contributed by atoms with Crippen LogP contribution in [0.15, 0.2) is 30.3 Å². The van der Waals surface area contributed by atoms with Gasteiger partial charge in [-0.2, -0.15) is 0 Å². The van der Waals surface area contributed by atoms with E-state index in [0.717, 1.165) is 42.7 Å². The van der Waals surface area contributed by atoms with Crippen LogP contribution >= 0.6 is 11.6 Å². The molecular formula is C18H17ClN2O2. The maximum absolute atomic E-state index is 12.8. The van der Waals surface area contributed by atoms with Crippen LogP contribution in [-0.4, -0.2) is 17.5 Å². The highest BCUT2D eigenvalue weighted by atomic mass is 35.5. The lowest BCUT2D eigenvalue weighted by atomic mass is 9.93. The van der Waals surface area contributed by atoms with Crippen molar-refractivity contribution in [3.05, 3.63) is 52.2 Å². The number of hydrogen-bond donors (Lipinski definition) is 1. The fourth-order valence-corrected chi connectivity index (χ4v) is 3.42. The standard InChI is InChI=1S/C18H17ClN2O2/c1-11-8-15(19)20-16(9-11)21-17(22)18(5-6-18)13-3-2-12-4-7-23-14(12)10-13/h2-3,8-10H,4-7H2,1H3,(H,20,21,22). The van der Waals surface area contributed by atoms with Crippen LogP contribution < -0.4 is 10.1 Å². The average molecular weight is 329 g/mol. The van der Waals surface area contributed by atoms with E-state index in [1.54, 1.807) is 6.07 Å². The van der Waals surface area contributed by atoms with Gasteiger partial charge < -0.3 is 10.1 Å². The summed E-state index contributed by atoms with van der Waals surface area (Å²) in [7, 11) is 0. The van der Waals surface area contributed by atoms with Crippen LogP contribution in [0.3, 0.4) is 0 Å². The molecule has 0 atom stereocenters. The van der Waals surface area contributed by atoms with Gasteiger partial charge in [-0.1, -0.05) is 23.7 Å². The molecule has 1 aromatic heterocycles. The molecule has 1 fully saturated rings. The largest absolute Gasteiger partial charge is 0.493 e. The molecule has 2 aliphatic rings. The van der Waals surface area contributed by atoms with Crippen LogP contribution in [0, 0.1) is 6.92 Å². The zero-order valence-corrected chi connectivity index (χ0v) is 13.6. The number of nitrogens with zero attached hydrogens (tertiary/aromatic N) is 1. The van der Waals surface area contributed by atoms with Gasteiger partial charge in [-0.3, -0.25) is 4.79 Å². The molecule has 1 aromatic carbocycles. The third-order valence-electron chi connectivity index (χ3n) is 4.61. The van der Waals surface area contributed by atoms with E-state index in [9.17, 15) is 4.79 Å². The molecule has 4 rings (SSSR count). The zero-order chi connectivity index (χ0) is 16.0. The van der Waals surface area contributed by atoms with Gasteiger partial charge in [-0.15, -0.1) is 0 Å². The first-order valence-corrected chi connectivity index (χ1v) is 8.16. The summed E-state index contributed by atoms with van der Waals surface area (Å²) in [5.41, 5.74) is 2.75. The topological polar surface area (TPSA) is 51.2 Å². The molecule has 0 saturated heterocycles. The summed E-state index contributed by atoms with van der Waals surface area (Å²) in [4.78, 5) is 17.0. The number of rotatable bonds is 3. The third kappa shape index (κ3) is 2.57. The number of nitrogens with one attached hydrogen (secondary N) is 1. The second-order valence-electron chi connectivity index (χ2n) is 6.31. The number of aryl methyl sites for hydroxylation is 1. The molecule has 1 saturated carbocycles. The van der Waals surface area contributed by atoms with Crippen molar-refractivity contribution in [1.29, 1.82) is 0 Å². The number of pyridine rings is 1. The molecule has 0 bridgehead atoms. The maximum atomic E-state index is 12.8. The summed E-state index contributed by atoms with van der Waals surface area (Å²) in [5, 5.41) is 3.30. The number of amides is 1. The molecule has 1 N–H and O–H groups in total. The van der Waals surface area contributed by atoms with Crippen molar-refractivity contribution in [2.45, 2.75) is 31.6 Å². The van der Waals surface area contributed by atoms with Crippen molar-refractivity contribution >= 4 is 23.3 Å². The Morgan fingerprint density at radius 2 is 2.13 bits per heavy atom. The summed E-state index contributed by atoms with van der Waals surface area (Å²) < 4.78 is 5.63. The van der Waals surface area contributed by atoms with E-state index in [2.05, 4.69) is 22.4 Å². The number of anilines is 1. The lowest BCUT2D eigenvalue weighted by Crippen LogP contribution is -2.28. The highest BCUT2D eigenvalue weighted by molar-refractivity contribution is 6.29. The molecule has 0 spiro atoms. The van der Waals surface area contributed by atoms with Gasteiger partial charge in [0.2, 0.25) is 5.91 Å². The fraction of sp³-hybridized carbons (Fsp3) is 0.333. The molecule has 2 aromatic rings. The second-order valence-corrected chi connectivity index (χ2v) is 6.70. The molecule has 5 heteroatoms. The van der Waals surface area contributed by atoms with Crippen LogP contribution in [0.25, 0.3) is 0 Å². The van der Waals surface area contributed by atoms with Gasteiger partial charge in [0.15, 0.2) is 0 Å². The van der Waals surface area contributed by atoms with E-state index in [0.29, 0.717) is 11.0 Å². The van der Waals surface area contributed by atoms with Gasteiger partial charge in [0.05, 0.1) is 12.0 Å². The Balaban J connectivity index is 1.60. The number of carbonyl (C=O) groups is 1. The van der Waals surface area contributed by atoms with E-state index in [1.807, 2.05) is 19.1 Å². The Morgan fingerprint density at radius 1 is 1.30 bits per heavy atom. The maximum Gasteiger partial charge on any atom is 0.236 e. The van der Waals surface area contributed by atoms with Crippen LogP contribution in [0.1, 0.15) is 29.5 Å². The summed E-state index contributed by atoms with van der Waals surface area (Å²) in [6, 6.07) is 9.74. The first kappa shape index (κ1) is 14.5. The quantitative estimate of drug-likeness (QED) is 0.875. The van der Waals surface area contributed by atoms with Crippen LogP contribution in [0.5, 0.6) is 5.75 Å². The molecule has 23 heavy (non-hydrogen) atoms. The van der Waals surface area contributed by atoms with Gasteiger partial charge in [0.1, 0.15) is 16.7 Å². The van der Waals surface area contributed by atoms with Gasteiger partial charge in [0.25, 0.3) is 0 Å². The molecule has 1 amide bonds. The predicted molar refractivity (Wildman–Crippen MR) is 89.2 cm³/mol. The number of benzene rings is 1. The van der Waals surface area contributed by atoms with Gasteiger partial charge >= 0.3 is 0 Å². The van der Waals surface area contributed by atoms with Crippen molar-refractivity contribution in [3.8, 4) is 5.75 Å². The normalized spacial score (nSPS) is 17.3. The highest BCUT2D eigenvalue weighted by Gasteiger charge is 2.51. The second kappa shape index (κ2) is 5.24. The first-order chi connectivity index (χ1) is 11.1. The minimum Gasteiger partial charge on any atom is -0.493 e. The van der Waals surface area contributed by atoms with Crippen LogP contribution in [0.4, 0.5) is 5.82 Å². The predicted octanol–water partition coefficient (Wildman–Crippen LogP) is 3.65. The lowest BCUT2D eigenvalue weighted by molar-refractivity contribution is -0.118. The lowest BCUT2D eigenvalue weighted by Gasteiger charge is -2.16. The van der Waals surface area contributed by atoms with Crippen LogP contribution in [0.2, 0.25) is 5.15 Å². The summed E-state index contributed by atoms with van der Waals surface area (Å²) in [5.74, 6) is 1.39. The Kier molecular flexibility index (Phi) is 3.31. The van der Waals surface area contributed by atoms with E-state index >= 15 is 0 Å². The number of carbonyl (C=O) groups excluding carboxylic acids is 1. The summed E-state index contributed by atoms with van der Waals surface area (Å²) in [6.45, 7) is 2.65. The van der Waals surface area contributed by atoms with Crippen molar-refractivity contribution in [1.82, 2.24) is 4.98 Å². The molecule has 0 radical (unpaired) electrons. The number of ether oxygens (including phenoxy) is 1. The van der Waals surface area contributed by atoms with Gasteiger partial charge in [-0.05, 0) is 54.7 Å². The SMILES string of the molecule is Cc1cc(Cl)nc(NC(=O)C2(c3ccc4c(c3)OCC4)CC2)c1. The Bertz CT molecular complexity index is 779. The van der Waals surface area contributed by atoms with E-state index in [4.69, 9.17) is 16.3 Å². The Morgan fingerprint density at radius 3 is 2.87 bits per heavy atom. The Labute approximate surface area is 139 Å². The first-order valence-electron chi connectivity index (χ1n) is 7.79. The average Bonchev–Trinajstić information content (AvgIpc) is 3.18. The Hall–Kier alpha value is -2.07. The van der Waals surface area contributed by atoms with Crippen molar-refractivity contribution in [2.24, 2.45) is 0 Å². The molecule has 4 nitrogen and oxygen atoms in total. The fourth-order valence-electron chi connectivity index (χ4n) is 3.16. The minimum absolute atomic E-state index is 0.0235. The third-order valence-corrected chi connectivity index (χ3v) is 4.81. The molecule has 118 valence electrons. The molecule has 0 unspecified atom stereocenters. The number of fused-ring (bicyclic) bond motifs is 1. The monoisotopic (exact) mass is 328 g/mol. The van der Waals surface area contributed by atoms with Crippen molar-refractivity contribution < 1.29 is 9.53 Å². The number of halogens is 1. The molecule has 1 aliphatic carbocycles. The van der Waals surface area contributed by atoms with Crippen molar-refractivity contribution in [2.75, 3.05) is 11.9 Å². The zero-order valence-electron chi connectivity index (χ0n) is 12.9. The van der Waals surface area contributed by atoms with Crippen molar-refractivity contribution in [3.63, 3.8) is 0 Å². The summed E-state index contributed by atoms with van der Waals surface area (Å²) >= 11 is 5.97. The molecule has 1 aliphatic heterocycles. The number of aromatic nitrogens is 1. The molecule has 2 heterocycles. The molecular weight excluding hydrogens is 312 g/mol. The van der Waals surface area contributed by atoms with E-state index in [1.165, 1.54) is 5.56 Å². The highest BCUT2D eigenvalue weighted by Crippen LogP contribution is 2.50. The van der Waals surface area contributed by atoms with E-state index in [-0.39, 0.29) is 5.91 Å². The summed E-state index contributed by atoms with van der Waals surface area (Å²) in [6.07, 6.45) is 2.63. The van der Waals surface area contributed by atoms with E-state index < -0.39 is 5.41 Å². The van der Waals surface area contributed by atoms with Gasteiger partial charge in [0, 0.05) is 6.42 Å². The smallest absolute Gasteiger partial charge is 0.236 e. The van der Waals surface area contributed by atoms with Crippen LogP contribution in [-0.2, 0) is 16.6 Å². The minimum atomic E-state index is -0.459. The number of hydrogen-bond acceptors (Lipinski definition) is 3. The van der Waals surface area contributed by atoms with Gasteiger partial charge in [-0.25, -0.2) is 4.98 Å².